The summed E-state index contributed by atoms with van der Waals surface area (Å²) in [6.45, 7) is 1.44. The molecule has 0 fully saturated rings. The minimum absolute atomic E-state index is 0.0437. The van der Waals surface area contributed by atoms with E-state index in [-0.39, 0.29) is 23.7 Å². The molecule has 0 saturated heterocycles. The quantitative estimate of drug-likeness (QED) is 0.768. The summed E-state index contributed by atoms with van der Waals surface area (Å²) in [5.41, 5.74) is 0.373. The summed E-state index contributed by atoms with van der Waals surface area (Å²) in [4.78, 5) is 23.3. The normalized spacial score (nSPS) is 10.4. The highest BCUT2D eigenvalue weighted by Gasteiger charge is 2.18. The van der Waals surface area contributed by atoms with Gasteiger partial charge in [-0.1, -0.05) is 15.9 Å². The largest absolute Gasteiger partial charge is 0.463 e. The molecule has 22 heavy (non-hydrogen) atoms. The molecule has 2 rings (SSSR count). The number of carbonyl (C=O) groups excluding carboxylic acids is 2. The number of methoxy groups -OCH3 is 1. The second kappa shape index (κ2) is 6.74. The van der Waals surface area contributed by atoms with Gasteiger partial charge < -0.3 is 13.9 Å². The van der Waals surface area contributed by atoms with E-state index in [1.54, 1.807) is 13.0 Å². The Morgan fingerprint density at radius 2 is 2.00 bits per heavy atom. The molecule has 1 aromatic carbocycles. The molecule has 5 nitrogen and oxygen atoms in total. The third-order valence-electron chi connectivity index (χ3n) is 2.83. The highest BCUT2D eigenvalue weighted by molar-refractivity contribution is 9.10. The van der Waals surface area contributed by atoms with Gasteiger partial charge in [0, 0.05) is 10.0 Å². The average Bonchev–Trinajstić information content (AvgIpc) is 2.87. The van der Waals surface area contributed by atoms with Crippen molar-refractivity contribution in [3.8, 4) is 0 Å². The van der Waals surface area contributed by atoms with Crippen LogP contribution < -0.4 is 0 Å². The smallest absolute Gasteiger partial charge is 0.374 e. The zero-order valence-corrected chi connectivity index (χ0v) is 13.4. The predicted octanol–water partition coefficient (Wildman–Crippen LogP) is 3.63. The lowest BCUT2D eigenvalue weighted by molar-refractivity contribution is 0.0433. The molecule has 0 bridgehead atoms. The molecule has 0 aliphatic rings. The number of hydrogen-bond acceptors (Lipinski definition) is 5. The maximum Gasteiger partial charge on any atom is 0.374 e. The number of hydrogen-bond donors (Lipinski definition) is 0. The Labute approximate surface area is 134 Å². The fourth-order valence-electron chi connectivity index (χ4n) is 1.78. The van der Waals surface area contributed by atoms with Crippen molar-refractivity contribution < 1.29 is 27.9 Å². The van der Waals surface area contributed by atoms with Crippen LogP contribution in [0.15, 0.2) is 33.2 Å². The van der Waals surface area contributed by atoms with Crippen molar-refractivity contribution in [1.29, 1.82) is 0 Å². The van der Waals surface area contributed by atoms with E-state index in [4.69, 9.17) is 9.15 Å². The van der Waals surface area contributed by atoms with Gasteiger partial charge in [0.25, 0.3) is 0 Å². The summed E-state index contributed by atoms with van der Waals surface area (Å²) in [5.74, 6) is -1.82. The van der Waals surface area contributed by atoms with Crippen LogP contribution >= 0.6 is 15.9 Å². The lowest BCUT2D eigenvalue weighted by Crippen LogP contribution is -2.07. The van der Waals surface area contributed by atoms with Gasteiger partial charge in [-0.3, -0.25) is 0 Å². The standard InChI is InChI=1S/C15H12BrFO5/c1-8-5-10(22-13(8)15(19)20-2)7-21-14(18)11-6-9(16)3-4-12(11)17/h3-6H,7H2,1-2H3. The van der Waals surface area contributed by atoms with Crippen LogP contribution in [-0.2, 0) is 16.1 Å². The van der Waals surface area contributed by atoms with Crippen LogP contribution in [-0.4, -0.2) is 19.0 Å². The SMILES string of the molecule is COC(=O)c1oc(COC(=O)c2cc(Br)ccc2F)cc1C. The zero-order valence-electron chi connectivity index (χ0n) is 11.8. The van der Waals surface area contributed by atoms with E-state index in [9.17, 15) is 14.0 Å². The van der Waals surface area contributed by atoms with E-state index in [2.05, 4.69) is 20.7 Å². The van der Waals surface area contributed by atoms with Gasteiger partial charge in [0.1, 0.15) is 18.2 Å². The monoisotopic (exact) mass is 370 g/mol. The van der Waals surface area contributed by atoms with Gasteiger partial charge >= 0.3 is 11.9 Å². The van der Waals surface area contributed by atoms with E-state index in [0.29, 0.717) is 10.0 Å². The van der Waals surface area contributed by atoms with Crippen molar-refractivity contribution in [3.05, 3.63) is 57.2 Å². The van der Waals surface area contributed by atoms with Gasteiger partial charge in [0.15, 0.2) is 0 Å². The molecular formula is C15H12BrFO5. The minimum Gasteiger partial charge on any atom is -0.463 e. The van der Waals surface area contributed by atoms with Crippen molar-refractivity contribution in [2.24, 2.45) is 0 Å². The van der Waals surface area contributed by atoms with Crippen LogP contribution in [0.25, 0.3) is 0 Å². The summed E-state index contributed by atoms with van der Waals surface area (Å²) < 4.78 is 28.9. The number of rotatable bonds is 4. The van der Waals surface area contributed by atoms with Crippen molar-refractivity contribution in [3.63, 3.8) is 0 Å². The van der Waals surface area contributed by atoms with Gasteiger partial charge in [0.05, 0.1) is 12.7 Å². The molecule has 0 aliphatic heterocycles. The number of esters is 2. The van der Waals surface area contributed by atoms with E-state index in [0.717, 1.165) is 6.07 Å². The molecule has 0 unspecified atom stereocenters. The van der Waals surface area contributed by atoms with Gasteiger partial charge in [-0.2, -0.15) is 0 Å². The van der Waals surface area contributed by atoms with Crippen LogP contribution in [0.2, 0.25) is 0 Å². The second-order valence-corrected chi connectivity index (χ2v) is 5.33. The Morgan fingerprint density at radius 1 is 1.27 bits per heavy atom. The second-order valence-electron chi connectivity index (χ2n) is 4.42. The first-order chi connectivity index (χ1) is 10.4. The lowest BCUT2D eigenvalue weighted by Gasteiger charge is -2.04. The molecule has 0 radical (unpaired) electrons. The molecule has 0 saturated carbocycles. The Hall–Kier alpha value is -2.15. The molecule has 1 heterocycles. The molecule has 0 N–H and O–H groups in total. The third-order valence-corrected chi connectivity index (χ3v) is 3.33. The number of benzene rings is 1. The Bertz CT molecular complexity index is 723. The molecule has 1 aromatic heterocycles. The zero-order chi connectivity index (χ0) is 16.3. The summed E-state index contributed by atoms with van der Waals surface area (Å²) in [7, 11) is 1.24. The first-order valence-corrected chi connectivity index (χ1v) is 7.01. The van der Waals surface area contributed by atoms with E-state index in [1.807, 2.05) is 0 Å². The average molecular weight is 371 g/mol. The van der Waals surface area contributed by atoms with E-state index >= 15 is 0 Å². The highest BCUT2D eigenvalue weighted by Crippen LogP contribution is 2.19. The molecule has 0 aliphatic carbocycles. The van der Waals surface area contributed by atoms with Crippen molar-refractivity contribution in [2.75, 3.05) is 7.11 Å². The Balaban J connectivity index is 2.08. The molecule has 2 aromatic rings. The van der Waals surface area contributed by atoms with Gasteiger partial charge in [-0.25, -0.2) is 14.0 Å². The van der Waals surface area contributed by atoms with Crippen LogP contribution in [0.3, 0.4) is 0 Å². The molecule has 0 spiro atoms. The molecular weight excluding hydrogens is 359 g/mol. The molecule has 7 heteroatoms. The first kappa shape index (κ1) is 16.2. The van der Waals surface area contributed by atoms with Crippen molar-refractivity contribution in [2.45, 2.75) is 13.5 Å². The fraction of sp³-hybridized carbons (Fsp3) is 0.200. The number of aryl methyl sites for hydroxylation is 1. The third kappa shape index (κ3) is 3.54. The van der Waals surface area contributed by atoms with Crippen LogP contribution in [0.1, 0.15) is 32.2 Å². The number of furan rings is 1. The number of carbonyl (C=O) groups is 2. The molecule has 116 valence electrons. The van der Waals surface area contributed by atoms with E-state index < -0.39 is 17.8 Å². The topological polar surface area (TPSA) is 65.7 Å². The van der Waals surface area contributed by atoms with Gasteiger partial charge in [-0.15, -0.1) is 0 Å². The van der Waals surface area contributed by atoms with E-state index in [1.165, 1.54) is 19.2 Å². The molecule has 0 atom stereocenters. The van der Waals surface area contributed by atoms with Crippen molar-refractivity contribution in [1.82, 2.24) is 0 Å². The summed E-state index contributed by atoms with van der Waals surface area (Å²) in [6.07, 6.45) is 0. The maximum absolute atomic E-state index is 13.6. The van der Waals surface area contributed by atoms with Crippen LogP contribution in [0.4, 0.5) is 4.39 Å². The minimum atomic E-state index is -0.826. The first-order valence-electron chi connectivity index (χ1n) is 6.22. The summed E-state index contributed by atoms with van der Waals surface area (Å²) >= 11 is 3.15. The van der Waals surface area contributed by atoms with Gasteiger partial charge in [-0.05, 0) is 31.2 Å². The predicted molar refractivity (Wildman–Crippen MR) is 78.0 cm³/mol. The van der Waals surface area contributed by atoms with Gasteiger partial charge in [0.2, 0.25) is 5.76 Å². The summed E-state index contributed by atoms with van der Waals surface area (Å²) in [5, 5.41) is 0. The maximum atomic E-state index is 13.6. The molecule has 0 amide bonds. The summed E-state index contributed by atoms with van der Waals surface area (Å²) in [6, 6.07) is 5.51. The van der Waals surface area contributed by atoms with Crippen LogP contribution in [0.5, 0.6) is 0 Å². The Kier molecular flexibility index (Phi) is 4.97. The Morgan fingerprint density at radius 3 is 2.68 bits per heavy atom. The van der Waals surface area contributed by atoms with Crippen molar-refractivity contribution >= 4 is 27.9 Å². The highest BCUT2D eigenvalue weighted by atomic mass is 79.9. The fourth-order valence-corrected chi connectivity index (χ4v) is 2.14. The lowest BCUT2D eigenvalue weighted by atomic mass is 10.2. The van der Waals surface area contributed by atoms with Crippen LogP contribution in [0, 0.1) is 12.7 Å². The number of ether oxygens (including phenoxy) is 2. The number of halogens is 2.